The number of carbonyl (C=O) groups is 2. The first-order chi connectivity index (χ1) is 11.5. The first kappa shape index (κ1) is 17.3. The Morgan fingerprint density at radius 2 is 1.88 bits per heavy atom. The zero-order chi connectivity index (χ0) is 17.5. The molecule has 2 amide bonds. The summed E-state index contributed by atoms with van der Waals surface area (Å²) in [5.41, 5.74) is 2.82. The van der Waals surface area contributed by atoms with E-state index in [1.165, 1.54) is 25.5 Å². The number of halogens is 1. The summed E-state index contributed by atoms with van der Waals surface area (Å²) in [5.74, 6) is -1.37. The van der Waals surface area contributed by atoms with Crippen LogP contribution < -0.4 is 15.5 Å². The van der Waals surface area contributed by atoms with Crippen molar-refractivity contribution >= 4 is 35.3 Å². The second-order valence-corrected chi connectivity index (χ2v) is 5.02. The lowest BCUT2D eigenvalue weighted by atomic mass is 10.2. The van der Waals surface area contributed by atoms with E-state index in [1.54, 1.807) is 30.3 Å². The summed E-state index contributed by atoms with van der Waals surface area (Å²) >= 11 is 5.73. The summed E-state index contributed by atoms with van der Waals surface area (Å²) in [6.07, 6.45) is 1.20. The average Bonchev–Trinajstić information content (AvgIpc) is 2.58. The predicted octanol–water partition coefficient (Wildman–Crippen LogP) is 2.14. The number of ether oxygens (including phenoxy) is 1. The number of rotatable bonds is 4. The normalized spacial score (nSPS) is 10.4. The van der Waals surface area contributed by atoms with Gasteiger partial charge in [0.15, 0.2) is 0 Å². The van der Waals surface area contributed by atoms with Crippen molar-refractivity contribution in [1.29, 1.82) is 0 Å². The lowest BCUT2D eigenvalue weighted by Crippen LogP contribution is -2.32. The van der Waals surface area contributed by atoms with Crippen molar-refractivity contribution in [3.05, 3.63) is 53.1 Å². The van der Waals surface area contributed by atoms with Gasteiger partial charge in [0.2, 0.25) is 0 Å². The summed E-state index contributed by atoms with van der Waals surface area (Å²) in [5, 5.41) is 16.2. The number of aromatic hydroxyl groups is 1. The number of carbonyl (C=O) groups excluding carboxylic acids is 2. The van der Waals surface area contributed by atoms with E-state index in [-0.39, 0.29) is 5.75 Å². The Labute approximate surface area is 142 Å². The largest absolute Gasteiger partial charge is 0.507 e. The van der Waals surface area contributed by atoms with E-state index in [2.05, 4.69) is 15.8 Å². The first-order valence-corrected chi connectivity index (χ1v) is 7.14. The van der Waals surface area contributed by atoms with E-state index in [1.807, 2.05) is 0 Å². The van der Waals surface area contributed by atoms with Crippen molar-refractivity contribution < 1.29 is 19.4 Å². The Morgan fingerprint density at radius 3 is 2.54 bits per heavy atom. The van der Waals surface area contributed by atoms with Crippen LogP contribution in [0.15, 0.2) is 47.6 Å². The van der Waals surface area contributed by atoms with Gasteiger partial charge in [-0.15, -0.1) is 0 Å². The monoisotopic (exact) mass is 347 g/mol. The highest BCUT2D eigenvalue weighted by atomic mass is 35.5. The standard InChI is InChI=1S/C16H14ClN3O4/c1-24-13-6-7-14(21)10(8-13)9-18-20-16(23)15(22)19-12-4-2-11(17)3-5-12/h2-9,21H,1H3,(H,19,22)(H,20,23)/b18-9+. The molecule has 0 saturated carbocycles. The van der Waals surface area contributed by atoms with Crippen molar-refractivity contribution in [1.82, 2.24) is 5.43 Å². The molecule has 124 valence electrons. The summed E-state index contributed by atoms with van der Waals surface area (Å²) in [6.45, 7) is 0. The van der Waals surface area contributed by atoms with E-state index in [9.17, 15) is 14.7 Å². The van der Waals surface area contributed by atoms with Gasteiger partial charge in [-0.3, -0.25) is 9.59 Å². The Balaban J connectivity index is 1.94. The maximum atomic E-state index is 11.7. The number of hydrogen-bond acceptors (Lipinski definition) is 5. The number of amides is 2. The van der Waals surface area contributed by atoms with Gasteiger partial charge in [-0.05, 0) is 42.5 Å². The summed E-state index contributed by atoms with van der Waals surface area (Å²) in [6, 6.07) is 10.8. The molecule has 24 heavy (non-hydrogen) atoms. The maximum absolute atomic E-state index is 11.7. The Kier molecular flexibility index (Phi) is 5.75. The molecule has 3 N–H and O–H groups in total. The number of methoxy groups -OCH3 is 1. The molecule has 0 radical (unpaired) electrons. The summed E-state index contributed by atoms with van der Waals surface area (Å²) in [7, 11) is 1.48. The third-order valence-corrected chi connectivity index (χ3v) is 3.16. The van der Waals surface area contributed by atoms with E-state index in [0.29, 0.717) is 22.0 Å². The van der Waals surface area contributed by atoms with Crippen LogP contribution in [0.3, 0.4) is 0 Å². The number of phenols is 1. The lowest BCUT2D eigenvalue weighted by molar-refractivity contribution is -0.136. The van der Waals surface area contributed by atoms with E-state index < -0.39 is 11.8 Å². The van der Waals surface area contributed by atoms with Gasteiger partial charge in [0.25, 0.3) is 0 Å². The molecule has 0 fully saturated rings. The van der Waals surface area contributed by atoms with Crippen LogP contribution in [0.4, 0.5) is 5.69 Å². The average molecular weight is 348 g/mol. The number of hydrogen-bond donors (Lipinski definition) is 3. The second-order valence-electron chi connectivity index (χ2n) is 4.58. The molecule has 0 aromatic heterocycles. The third-order valence-electron chi connectivity index (χ3n) is 2.91. The molecule has 7 nitrogen and oxygen atoms in total. The van der Waals surface area contributed by atoms with E-state index >= 15 is 0 Å². The van der Waals surface area contributed by atoms with Crippen molar-refractivity contribution in [2.75, 3.05) is 12.4 Å². The van der Waals surface area contributed by atoms with Gasteiger partial charge < -0.3 is 15.2 Å². The molecule has 0 aliphatic rings. The molecule has 2 rings (SSSR count). The predicted molar refractivity (Wildman–Crippen MR) is 90.5 cm³/mol. The maximum Gasteiger partial charge on any atom is 0.329 e. The quantitative estimate of drug-likeness (QED) is 0.448. The van der Waals surface area contributed by atoms with E-state index in [4.69, 9.17) is 16.3 Å². The molecule has 0 aliphatic heterocycles. The van der Waals surface area contributed by atoms with Crippen LogP contribution in [-0.4, -0.2) is 30.2 Å². The number of phenolic OH excluding ortho intramolecular Hbond substituents is 1. The molecule has 0 heterocycles. The van der Waals surface area contributed by atoms with Crippen LogP contribution in [0, 0.1) is 0 Å². The van der Waals surface area contributed by atoms with Gasteiger partial charge in [0.1, 0.15) is 11.5 Å². The molecular formula is C16H14ClN3O4. The van der Waals surface area contributed by atoms with Crippen LogP contribution in [0.25, 0.3) is 0 Å². The Morgan fingerprint density at radius 1 is 1.17 bits per heavy atom. The lowest BCUT2D eigenvalue weighted by Gasteiger charge is -2.04. The van der Waals surface area contributed by atoms with Gasteiger partial charge >= 0.3 is 11.8 Å². The van der Waals surface area contributed by atoms with Crippen molar-refractivity contribution in [3.8, 4) is 11.5 Å². The van der Waals surface area contributed by atoms with Crippen molar-refractivity contribution in [3.63, 3.8) is 0 Å². The van der Waals surface area contributed by atoms with E-state index in [0.717, 1.165) is 0 Å². The van der Waals surface area contributed by atoms with Gasteiger partial charge in [0, 0.05) is 16.3 Å². The summed E-state index contributed by atoms with van der Waals surface area (Å²) < 4.78 is 5.02. The van der Waals surface area contributed by atoms with Crippen molar-refractivity contribution in [2.24, 2.45) is 5.10 Å². The van der Waals surface area contributed by atoms with Crippen LogP contribution in [0.2, 0.25) is 5.02 Å². The number of benzene rings is 2. The highest BCUT2D eigenvalue weighted by Crippen LogP contribution is 2.20. The number of hydrazone groups is 1. The fraction of sp³-hybridized carbons (Fsp3) is 0.0625. The highest BCUT2D eigenvalue weighted by Gasteiger charge is 2.12. The second kappa shape index (κ2) is 7.98. The molecule has 0 bridgehead atoms. The van der Waals surface area contributed by atoms with Crippen LogP contribution in [0.5, 0.6) is 11.5 Å². The topological polar surface area (TPSA) is 100 Å². The first-order valence-electron chi connectivity index (χ1n) is 6.76. The highest BCUT2D eigenvalue weighted by molar-refractivity contribution is 6.39. The Bertz CT molecular complexity index is 775. The molecular weight excluding hydrogens is 334 g/mol. The zero-order valence-electron chi connectivity index (χ0n) is 12.6. The number of anilines is 1. The fourth-order valence-electron chi connectivity index (χ4n) is 1.70. The van der Waals surface area contributed by atoms with Crippen LogP contribution in [0.1, 0.15) is 5.56 Å². The van der Waals surface area contributed by atoms with Gasteiger partial charge in [0.05, 0.1) is 13.3 Å². The molecule has 2 aromatic carbocycles. The Hall–Kier alpha value is -3.06. The fourth-order valence-corrected chi connectivity index (χ4v) is 1.82. The molecule has 2 aromatic rings. The molecule has 8 heteroatoms. The minimum absolute atomic E-state index is 0.0422. The third kappa shape index (κ3) is 4.72. The molecule has 0 atom stereocenters. The molecule has 0 unspecified atom stereocenters. The molecule has 0 spiro atoms. The van der Waals surface area contributed by atoms with Gasteiger partial charge in [-0.2, -0.15) is 5.10 Å². The minimum Gasteiger partial charge on any atom is -0.507 e. The number of nitrogens with zero attached hydrogens (tertiary/aromatic N) is 1. The smallest absolute Gasteiger partial charge is 0.329 e. The van der Waals surface area contributed by atoms with Crippen LogP contribution >= 0.6 is 11.6 Å². The zero-order valence-corrected chi connectivity index (χ0v) is 13.4. The molecule has 0 saturated heterocycles. The van der Waals surface area contributed by atoms with Crippen LogP contribution in [-0.2, 0) is 9.59 Å². The number of nitrogens with one attached hydrogen (secondary N) is 2. The summed E-state index contributed by atoms with van der Waals surface area (Å²) in [4.78, 5) is 23.4. The van der Waals surface area contributed by atoms with Gasteiger partial charge in [-0.25, -0.2) is 5.43 Å². The SMILES string of the molecule is COc1ccc(O)c(/C=N/NC(=O)C(=O)Nc2ccc(Cl)cc2)c1. The minimum atomic E-state index is -0.955. The van der Waals surface area contributed by atoms with Crippen molar-refractivity contribution in [2.45, 2.75) is 0 Å². The molecule has 0 aliphatic carbocycles. The van der Waals surface area contributed by atoms with Gasteiger partial charge in [-0.1, -0.05) is 11.6 Å².